The molecule has 3 aromatic rings. The number of hydrogen-bond donors (Lipinski definition) is 1. The van der Waals surface area contributed by atoms with Gasteiger partial charge in [0.1, 0.15) is 6.54 Å². The van der Waals surface area contributed by atoms with Crippen LogP contribution in [-0.4, -0.2) is 28.5 Å². The molecule has 0 radical (unpaired) electrons. The summed E-state index contributed by atoms with van der Waals surface area (Å²) < 4.78 is 5.99. The number of ether oxygens (including phenoxy) is 1. The maximum Gasteiger partial charge on any atom is 0.338 e. The van der Waals surface area contributed by atoms with Gasteiger partial charge in [-0.2, -0.15) is 0 Å². The molecule has 0 aliphatic carbocycles. The first-order chi connectivity index (χ1) is 12.9. The summed E-state index contributed by atoms with van der Waals surface area (Å²) in [5, 5.41) is 3.20. The molecule has 1 N–H and O–H groups in total. The highest BCUT2D eigenvalue weighted by Crippen LogP contribution is 2.19. The quantitative estimate of drug-likeness (QED) is 0.717. The van der Waals surface area contributed by atoms with E-state index in [1.165, 1.54) is 18.0 Å². The topological polar surface area (TPSA) is 90.3 Å². The lowest BCUT2D eigenvalue weighted by Gasteiger charge is -2.12. The van der Waals surface area contributed by atoms with Crippen molar-refractivity contribution in [2.75, 3.05) is 12.4 Å². The highest BCUT2D eigenvalue weighted by Gasteiger charge is 2.14. The molecule has 138 valence electrons. The Bertz CT molecular complexity index is 1100. The van der Waals surface area contributed by atoms with E-state index in [9.17, 15) is 14.4 Å². The monoisotopic (exact) mass is 365 g/mol. The molecule has 0 spiro atoms. The van der Waals surface area contributed by atoms with E-state index in [-0.39, 0.29) is 12.1 Å². The average Bonchev–Trinajstić information content (AvgIpc) is 2.65. The third-order valence-electron chi connectivity index (χ3n) is 4.38. The summed E-state index contributed by atoms with van der Waals surface area (Å²) in [5.41, 5.74) is 2.70. The second-order valence-electron chi connectivity index (χ2n) is 6.17. The summed E-state index contributed by atoms with van der Waals surface area (Å²) >= 11 is 0. The van der Waals surface area contributed by atoms with Crippen molar-refractivity contribution in [3.63, 3.8) is 0 Å². The minimum atomic E-state index is -0.478. The summed E-state index contributed by atoms with van der Waals surface area (Å²) in [6, 6.07) is 10.3. The van der Waals surface area contributed by atoms with E-state index in [1.807, 2.05) is 13.0 Å². The molecular weight excluding hydrogens is 346 g/mol. The van der Waals surface area contributed by atoms with E-state index in [0.717, 1.165) is 5.56 Å². The van der Waals surface area contributed by atoms with Gasteiger partial charge in [-0.1, -0.05) is 18.2 Å². The SMILES string of the molecule is COC(=O)c1cccc(NC(=O)Cn2cnc3c(C)cccc3c2=O)c1C. The lowest BCUT2D eigenvalue weighted by Crippen LogP contribution is -2.28. The number of rotatable bonds is 4. The van der Waals surface area contributed by atoms with E-state index in [2.05, 4.69) is 10.3 Å². The first kappa shape index (κ1) is 18.3. The van der Waals surface area contributed by atoms with Crippen LogP contribution in [0.3, 0.4) is 0 Å². The summed E-state index contributed by atoms with van der Waals surface area (Å²) in [7, 11) is 1.30. The van der Waals surface area contributed by atoms with Gasteiger partial charge in [0.25, 0.3) is 5.56 Å². The average molecular weight is 365 g/mol. The van der Waals surface area contributed by atoms with Crippen molar-refractivity contribution in [3.05, 3.63) is 69.8 Å². The fourth-order valence-electron chi connectivity index (χ4n) is 2.90. The molecule has 1 amide bonds. The van der Waals surface area contributed by atoms with Crippen LogP contribution < -0.4 is 10.9 Å². The van der Waals surface area contributed by atoms with Gasteiger partial charge >= 0.3 is 5.97 Å². The zero-order valence-electron chi connectivity index (χ0n) is 15.3. The normalized spacial score (nSPS) is 10.6. The molecule has 0 unspecified atom stereocenters. The molecule has 27 heavy (non-hydrogen) atoms. The molecular formula is C20H19N3O4. The minimum absolute atomic E-state index is 0.183. The van der Waals surface area contributed by atoms with Gasteiger partial charge in [0, 0.05) is 5.69 Å². The molecule has 0 fully saturated rings. The fraction of sp³-hybridized carbons (Fsp3) is 0.200. The van der Waals surface area contributed by atoms with Crippen LogP contribution in [-0.2, 0) is 16.1 Å². The van der Waals surface area contributed by atoms with Gasteiger partial charge < -0.3 is 10.1 Å². The molecule has 3 rings (SSSR count). The van der Waals surface area contributed by atoms with Crippen molar-refractivity contribution in [2.45, 2.75) is 20.4 Å². The third-order valence-corrected chi connectivity index (χ3v) is 4.38. The first-order valence-electron chi connectivity index (χ1n) is 8.35. The standard InChI is InChI=1S/C20H19N3O4/c1-12-6-4-8-15-18(12)21-11-23(19(15)25)10-17(24)22-16-9-5-7-14(13(16)2)20(26)27-3/h4-9,11H,10H2,1-3H3,(H,22,24). The van der Waals surface area contributed by atoms with E-state index >= 15 is 0 Å². The molecule has 0 saturated carbocycles. The Labute approximate surface area is 155 Å². The molecule has 0 bridgehead atoms. The number of methoxy groups -OCH3 is 1. The Hall–Kier alpha value is -3.48. The molecule has 1 heterocycles. The van der Waals surface area contributed by atoms with Crippen LogP contribution in [0, 0.1) is 13.8 Å². The summed E-state index contributed by atoms with van der Waals surface area (Å²) in [5.74, 6) is -0.870. The van der Waals surface area contributed by atoms with Crippen LogP contribution >= 0.6 is 0 Å². The first-order valence-corrected chi connectivity index (χ1v) is 8.35. The maximum absolute atomic E-state index is 12.6. The molecule has 0 saturated heterocycles. The van der Waals surface area contributed by atoms with E-state index in [4.69, 9.17) is 4.74 Å². The summed E-state index contributed by atoms with van der Waals surface area (Å²) in [4.78, 5) is 41.1. The number of carbonyl (C=O) groups excluding carboxylic acids is 2. The van der Waals surface area contributed by atoms with E-state index in [0.29, 0.717) is 27.7 Å². The number of anilines is 1. The van der Waals surface area contributed by atoms with Crippen molar-refractivity contribution in [1.82, 2.24) is 9.55 Å². The van der Waals surface area contributed by atoms with Crippen LogP contribution in [0.1, 0.15) is 21.5 Å². The van der Waals surface area contributed by atoms with Crippen molar-refractivity contribution in [1.29, 1.82) is 0 Å². The molecule has 2 aromatic carbocycles. The van der Waals surface area contributed by atoms with Crippen LogP contribution in [0.4, 0.5) is 5.69 Å². The Morgan fingerprint density at radius 3 is 2.63 bits per heavy atom. The van der Waals surface area contributed by atoms with E-state index < -0.39 is 11.9 Å². The minimum Gasteiger partial charge on any atom is -0.465 e. The zero-order chi connectivity index (χ0) is 19.6. The van der Waals surface area contributed by atoms with Gasteiger partial charge in [0.05, 0.1) is 29.9 Å². The largest absolute Gasteiger partial charge is 0.465 e. The predicted octanol–water partition coefficient (Wildman–Crippen LogP) is 2.44. The predicted molar refractivity (Wildman–Crippen MR) is 102 cm³/mol. The summed E-state index contributed by atoms with van der Waals surface area (Å²) in [6.07, 6.45) is 1.37. The number of carbonyl (C=O) groups is 2. The zero-order valence-corrected chi connectivity index (χ0v) is 15.3. The number of benzene rings is 2. The van der Waals surface area contributed by atoms with Gasteiger partial charge in [-0.25, -0.2) is 9.78 Å². The Balaban J connectivity index is 1.85. The van der Waals surface area contributed by atoms with Crippen LogP contribution in [0.5, 0.6) is 0 Å². The van der Waals surface area contributed by atoms with Crippen molar-refractivity contribution >= 4 is 28.5 Å². The Kier molecular flexibility index (Phi) is 5.03. The second kappa shape index (κ2) is 7.41. The van der Waals surface area contributed by atoms with Crippen LogP contribution in [0.15, 0.2) is 47.5 Å². The number of fused-ring (bicyclic) bond motifs is 1. The molecule has 0 aliphatic heterocycles. The van der Waals surface area contributed by atoms with Gasteiger partial charge in [-0.3, -0.25) is 14.2 Å². The number of aromatic nitrogens is 2. The van der Waals surface area contributed by atoms with Gasteiger partial charge in [-0.05, 0) is 43.2 Å². The Morgan fingerprint density at radius 1 is 1.15 bits per heavy atom. The molecule has 7 heteroatoms. The highest BCUT2D eigenvalue weighted by molar-refractivity contribution is 5.96. The van der Waals surface area contributed by atoms with Crippen LogP contribution in [0.2, 0.25) is 0 Å². The molecule has 7 nitrogen and oxygen atoms in total. The van der Waals surface area contributed by atoms with Crippen molar-refractivity contribution < 1.29 is 14.3 Å². The molecule has 1 aromatic heterocycles. The highest BCUT2D eigenvalue weighted by atomic mass is 16.5. The second-order valence-corrected chi connectivity index (χ2v) is 6.17. The number of esters is 1. The van der Waals surface area contributed by atoms with E-state index in [1.54, 1.807) is 37.3 Å². The molecule has 0 aliphatic rings. The third kappa shape index (κ3) is 3.57. The number of hydrogen-bond acceptors (Lipinski definition) is 5. The lowest BCUT2D eigenvalue weighted by molar-refractivity contribution is -0.116. The molecule has 0 atom stereocenters. The fourth-order valence-corrected chi connectivity index (χ4v) is 2.90. The smallest absolute Gasteiger partial charge is 0.338 e. The number of nitrogens with zero attached hydrogens (tertiary/aromatic N) is 2. The number of amides is 1. The Morgan fingerprint density at radius 2 is 1.89 bits per heavy atom. The number of nitrogens with one attached hydrogen (secondary N) is 1. The number of aryl methyl sites for hydroxylation is 1. The number of para-hydroxylation sites is 1. The van der Waals surface area contributed by atoms with Gasteiger partial charge in [0.15, 0.2) is 0 Å². The summed E-state index contributed by atoms with van der Waals surface area (Å²) in [6.45, 7) is 3.41. The lowest BCUT2D eigenvalue weighted by atomic mass is 10.1. The van der Waals surface area contributed by atoms with Crippen molar-refractivity contribution in [2.24, 2.45) is 0 Å². The maximum atomic E-state index is 12.6. The van der Waals surface area contributed by atoms with Crippen molar-refractivity contribution in [3.8, 4) is 0 Å². The van der Waals surface area contributed by atoms with Gasteiger partial charge in [0.2, 0.25) is 5.91 Å². The van der Waals surface area contributed by atoms with Crippen LogP contribution in [0.25, 0.3) is 10.9 Å². The van der Waals surface area contributed by atoms with Gasteiger partial charge in [-0.15, -0.1) is 0 Å².